The highest BCUT2D eigenvalue weighted by molar-refractivity contribution is 5.95. The van der Waals surface area contributed by atoms with Gasteiger partial charge in [0.2, 0.25) is 0 Å². The summed E-state index contributed by atoms with van der Waals surface area (Å²) in [5.74, 6) is -1.98. The lowest BCUT2D eigenvalue weighted by Crippen LogP contribution is -2.54. The Morgan fingerprint density at radius 1 is 1.42 bits per heavy atom. The Balaban J connectivity index is 2.34. The molecule has 1 aliphatic heterocycles. The molecule has 1 aromatic carbocycles. The van der Waals surface area contributed by atoms with Gasteiger partial charge in [-0.15, -0.1) is 0 Å². The summed E-state index contributed by atoms with van der Waals surface area (Å²) in [5.41, 5.74) is -0.767. The summed E-state index contributed by atoms with van der Waals surface area (Å²) in [7, 11) is 0. The first-order valence-corrected chi connectivity index (χ1v) is 6.26. The molecule has 19 heavy (non-hydrogen) atoms. The Morgan fingerprint density at radius 3 is 2.79 bits per heavy atom. The fourth-order valence-corrected chi connectivity index (χ4v) is 2.37. The van der Waals surface area contributed by atoms with Crippen LogP contribution in [0.15, 0.2) is 18.2 Å². The van der Waals surface area contributed by atoms with Crippen molar-refractivity contribution in [1.29, 1.82) is 0 Å². The van der Waals surface area contributed by atoms with Gasteiger partial charge in [0.1, 0.15) is 11.6 Å². The number of benzene rings is 1. The third kappa shape index (κ3) is 2.76. The highest BCUT2D eigenvalue weighted by atomic mass is 19.1. The van der Waals surface area contributed by atoms with Gasteiger partial charge in [0.05, 0.1) is 11.7 Å². The van der Waals surface area contributed by atoms with Crippen molar-refractivity contribution in [3.8, 4) is 0 Å². The number of rotatable bonds is 1. The number of carbonyl (C=O) groups is 1. The summed E-state index contributed by atoms with van der Waals surface area (Å²) in [6.45, 7) is 3.85. The highest BCUT2D eigenvalue weighted by Crippen LogP contribution is 2.29. The van der Waals surface area contributed by atoms with Gasteiger partial charge in [0.15, 0.2) is 0 Å². The number of hydrogen-bond acceptors (Lipinski definition) is 2. The van der Waals surface area contributed by atoms with Crippen molar-refractivity contribution < 1.29 is 18.7 Å². The molecular weight excluding hydrogens is 252 g/mol. The molecule has 0 aliphatic carbocycles. The molecule has 1 amide bonds. The minimum absolute atomic E-state index is 0.141. The summed E-state index contributed by atoms with van der Waals surface area (Å²) in [6, 6.07) is 2.81. The lowest BCUT2D eigenvalue weighted by atomic mass is 9.88. The molecule has 0 saturated carbocycles. The minimum Gasteiger partial charge on any atom is -0.391 e. The van der Waals surface area contributed by atoms with Crippen LogP contribution in [0.5, 0.6) is 0 Å². The van der Waals surface area contributed by atoms with E-state index in [2.05, 4.69) is 0 Å². The average Bonchev–Trinajstić information content (AvgIpc) is 2.34. The van der Waals surface area contributed by atoms with Crippen LogP contribution in [0.2, 0.25) is 0 Å². The van der Waals surface area contributed by atoms with Gasteiger partial charge in [-0.3, -0.25) is 4.79 Å². The third-order valence-corrected chi connectivity index (χ3v) is 3.62. The monoisotopic (exact) mass is 269 g/mol. The zero-order valence-electron chi connectivity index (χ0n) is 11.0. The van der Waals surface area contributed by atoms with Gasteiger partial charge in [-0.1, -0.05) is 0 Å². The first-order chi connectivity index (χ1) is 8.81. The SMILES string of the molecule is CC1(C)CCC(O)CN1C(=O)c1cc(F)ccc1F. The molecule has 0 spiro atoms. The molecule has 0 radical (unpaired) electrons. The topological polar surface area (TPSA) is 40.5 Å². The van der Waals surface area contributed by atoms with Gasteiger partial charge in [0.25, 0.3) is 5.91 Å². The summed E-state index contributed by atoms with van der Waals surface area (Å²) < 4.78 is 26.8. The van der Waals surface area contributed by atoms with Crippen molar-refractivity contribution in [3.63, 3.8) is 0 Å². The Hall–Kier alpha value is -1.49. The Bertz CT molecular complexity index is 502. The molecule has 0 aromatic heterocycles. The van der Waals surface area contributed by atoms with Crippen molar-refractivity contribution in [2.75, 3.05) is 6.54 Å². The van der Waals surface area contributed by atoms with E-state index >= 15 is 0 Å². The Morgan fingerprint density at radius 2 is 2.11 bits per heavy atom. The molecule has 5 heteroatoms. The maximum atomic E-state index is 13.6. The van der Waals surface area contributed by atoms with Crippen molar-refractivity contribution in [2.45, 2.75) is 38.3 Å². The van der Waals surface area contributed by atoms with Crippen LogP contribution in [0.3, 0.4) is 0 Å². The molecule has 2 rings (SSSR count). The van der Waals surface area contributed by atoms with E-state index < -0.39 is 29.2 Å². The number of halogens is 2. The van der Waals surface area contributed by atoms with Crippen molar-refractivity contribution in [1.82, 2.24) is 4.90 Å². The fourth-order valence-electron chi connectivity index (χ4n) is 2.37. The predicted molar refractivity (Wildman–Crippen MR) is 66.7 cm³/mol. The summed E-state index contributed by atoms with van der Waals surface area (Å²) in [5, 5.41) is 9.67. The average molecular weight is 269 g/mol. The van der Waals surface area contributed by atoms with Gasteiger partial charge >= 0.3 is 0 Å². The summed E-state index contributed by atoms with van der Waals surface area (Å²) in [4.78, 5) is 13.8. The molecule has 1 heterocycles. The second-order valence-electron chi connectivity index (χ2n) is 5.54. The van der Waals surface area contributed by atoms with Gasteiger partial charge in [0, 0.05) is 12.1 Å². The molecule has 104 valence electrons. The normalized spacial score (nSPS) is 22.4. The van der Waals surface area contributed by atoms with E-state index in [1.54, 1.807) is 0 Å². The van der Waals surface area contributed by atoms with E-state index in [1.807, 2.05) is 13.8 Å². The van der Waals surface area contributed by atoms with Crippen LogP contribution in [-0.2, 0) is 0 Å². The fraction of sp³-hybridized carbons (Fsp3) is 0.500. The van der Waals surface area contributed by atoms with E-state index in [1.165, 1.54) is 4.90 Å². The maximum Gasteiger partial charge on any atom is 0.257 e. The van der Waals surface area contributed by atoms with Crippen LogP contribution >= 0.6 is 0 Å². The number of nitrogens with zero attached hydrogens (tertiary/aromatic N) is 1. The second-order valence-corrected chi connectivity index (χ2v) is 5.54. The van der Waals surface area contributed by atoms with Crippen molar-refractivity contribution in [3.05, 3.63) is 35.4 Å². The number of hydrogen-bond donors (Lipinski definition) is 1. The molecule has 1 N–H and O–H groups in total. The number of aliphatic hydroxyl groups is 1. The molecule has 3 nitrogen and oxygen atoms in total. The maximum absolute atomic E-state index is 13.6. The second kappa shape index (κ2) is 4.89. The lowest BCUT2D eigenvalue weighted by molar-refractivity contribution is 0.00122. The summed E-state index contributed by atoms with van der Waals surface area (Å²) in [6.07, 6.45) is 0.604. The number of amides is 1. The lowest BCUT2D eigenvalue weighted by Gasteiger charge is -2.44. The first kappa shape index (κ1) is 13.9. The van der Waals surface area contributed by atoms with E-state index in [0.29, 0.717) is 12.8 Å². The third-order valence-electron chi connectivity index (χ3n) is 3.62. The van der Waals surface area contributed by atoms with Gasteiger partial charge in [-0.25, -0.2) is 8.78 Å². The zero-order chi connectivity index (χ0) is 14.2. The number of likely N-dealkylation sites (tertiary alicyclic amines) is 1. The Labute approximate surface area is 110 Å². The smallest absolute Gasteiger partial charge is 0.257 e. The van der Waals surface area contributed by atoms with Gasteiger partial charge < -0.3 is 10.0 Å². The van der Waals surface area contributed by atoms with Gasteiger partial charge in [-0.2, -0.15) is 0 Å². The van der Waals surface area contributed by atoms with Crippen molar-refractivity contribution >= 4 is 5.91 Å². The predicted octanol–water partition coefficient (Wildman–Crippen LogP) is 2.34. The molecule has 1 fully saturated rings. The van der Waals surface area contributed by atoms with Crippen molar-refractivity contribution in [2.24, 2.45) is 0 Å². The van der Waals surface area contributed by atoms with Crippen LogP contribution in [0.25, 0.3) is 0 Å². The van der Waals surface area contributed by atoms with E-state index in [9.17, 15) is 18.7 Å². The summed E-state index contributed by atoms with van der Waals surface area (Å²) >= 11 is 0. The molecule has 1 aromatic rings. The van der Waals surface area contributed by atoms with E-state index in [0.717, 1.165) is 18.2 Å². The molecule has 1 atom stereocenters. The number of aliphatic hydroxyl groups excluding tert-OH is 1. The van der Waals surface area contributed by atoms with E-state index in [-0.39, 0.29) is 12.1 Å². The van der Waals surface area contributed by atoms with Crippen LogP contribution in [-0.4, -0.2) is 34.1 Å². The minimum atomic E-state index is -0.748. The largest absolute Gasteiger partial charge is 0.391 e. The van der Waals surface area contributed by atoms with Crippen LogP contribution in [0.1, 0.15) is 37.0 Å². The molecule has 1 unspecified atom stereocenters. The van der Waals surface area contributed by atoms with Crippen LogP contribution < -0.4 is 0 Å². The Kier molecular flexibility index (Phi) is 3.58. The molecular formula is C14H17F2NO2. The van der Waals surface area contributed by atoms with Crippen LogP contribution in [0.4, 0.5) is 8.78 Å². The van der Waals surface area contributed by atoms with Crippen LogP contribution in [0, 0.1) is 11.6 Å². The molecule has 0 bridgehead atoms. The van der Waals surface area contributed by atoms with E-state index in [4.69, 9.17) is 0 Å². The first-order valence-electron chi connectivity index (χ1n) is 6.26. The van der Waals surface area contributed by atoms with Gasteiger partial charge in [-0.05, 0) is 44.9 Å². The molecule has 1 saturated heterocycles. The quantitative estimate of drug-likeness (QED) is 0.850. The zero-order valence-corrected chi connectivity index (χ0v) is 11.0. The molecule has 1 aliphatic rings. The highest BCUT2D eigenvalue weighted by Gasteiger charge is 2.37. The number of carbonyl (C=O) groups excluding carboxylic acids is 1. The number of piperidine rings is 1. The number of β-amino-alcohol motifs (C(OH)–C–C–N with tert-alkyl or cyclic N) is 1. The standard InChI is InChI=1S/C14H17F2NO2/c1-14(2)6-5-10(18)8-17(14)13(19)11-7-9(15)3-4-12(11)16/h3-4,7,10,18H,5-6,8H2,1-2H3.